The molecule has 0 saturated heterocycles. The van der Waals surface area contributed by atoms with Crippen LogP contribution in [0.15, 0.2) is 17.3 Å². The van der Waals surface area contributed by atoms with E-state index >= 15 is 0 Å². The molecule has 0 amide bonds. The van der Waals surface area contributed by atoms with Crippen molar-refractivity contribution < 1.29 is 8.42 Å². The number of rotatable bonds is 4. The van der Waals surface area contributed by atoms with Crippen LogP contribution in [0.3, 0.4) is 0 Å². The summed E-state index contributed by atoms with van der Waals surface area (Å²) in [6, 6.07) is 0. The molecular formula is C7H10BrN3O2S. The molecule has 0 bridgehead atoms. The van der Waals surface area contributed by atoms with E-state index in [9.17, 15) is 8.42 Å². The lowest BCUT2D eigenvalue weighted by Gasteiger charge is -2.12. The highest BCUT2D eigenvalue weighted by Gasteiger charge is 2.45. The van der Waals surface area contributed by atoms with E-state index in [0.29, 0.717) is 5.33 Å². The summed E-state index contributed by atoms with van der Waals surface area (Å²) in [5.74, 6) is 0. The van der Waals surface area contributed by atoms with Gasteiger partial charge in [-0.3, -0.25) is 5.10 Å². The summed E-state index contributed by atoms with van der Waals surface area (Å²) in [7, 11) is -3.40. The number of hydrogen-bond donors (Lipinski definition) is 2. The predicted octanol–water partition coefficient (Wildman–Crippen LogP) is 0.615. The van der Waals surface area contributed by atoms with Crippen LogP contribution in [0.1, 0.15) is 12.8 Å². The second-order valence-corrected chi connectivity index (χ2v) is 5.70. The molecule has 2 N–H and O–H groups in total. The lowest BCUT2D eigenvalue weighted by Crippen LogP contribution is -2.37. The van der Waals surface area contributed by atoms with E-state index in [-0.39, 0.29) is 10.4 Å². The zero-order chi connectivity index (χ0) is 10.2. The molecule has 78 valence electrons. The Morgan fingerprint density at radius 3 is 2.79 bits per heavy atom. The molecule has 0 spiro atoms. The maximum absolute atomic E-state index is 11.7. The molecule has 5 nitrogen and oxygen atoms in total. The molecule has 1 fully saturated rings. The van der Waals surface area contributed by atoms with Gasteiger partial charge in [0.25, 0.3) is 0 Å². The number of sulfonamides is 1. The molecule has 1 aliphatic carbocycles. The largest absolute Gasteiger partial charge is 0.284 e. The lowest BCUT2D eigenvalue weighted by molar-refractivity contribution is 0.561. The van der Waals surface area contributed by atoms with Crippen molar-refractivity contribution in [1.29, 1.82) is 0 Å². The first-order valence-electron chi connectivity index (χ1n) is 4.17. The fourth-order valence-corrected chi connectivity index (χ4v) is 3.39. The number of aromatic nitrogens is 2. The molecule has 1 aromatic rings. The maximum atomic E-state index is 11.7. The Kier molecular flexibility index (Phi) is 2.40. The molecule has 0 atom stereocenters. The summed E-state index contributed by atoms with van der Waals surface area (Å²) in [4.78, 5) is 0.185. The second kappa shape index (κ2) is 3.32. The van der Waals surface area contributed by atoms with Gasteiger partial charge < -0.3 is 0 Å². The van der Waals surface area contributed by atoms with E-state index in [0.717, 1.165) is 12.8 Å². The molecule has 1 saturated carbocycles. The van der Waals surface area contributed by atoms with Crippen molar-refractivity contribution in [2.45, 2.75) is 23.3 Å². The minimum absolute atomic E-state index is 0.185. The van der Waals surface area contributed by atoms with Crippen LogP contribution in [0.2, 0.25) is 0 Å². The van der Waals surface area contributed by atoms with Gasteiger partial charge in [-0.2, -0.15) is 5.10 Å². The number of halogens is 1. The fourth-order valence-electron chi connectivity index (χ4n) is 1.14. The quantitative estimate of drug-likeness (QED) is 0.794. The predicted molar refractivity (Wildman–Crippen MR) is 54.7 cm³/mol. The summed E-state index contributed by atoms with van der Waals surface area (Å²) in [6.07, 6.45) is 4.43. The van der Waals surface area contributed by atoms with E-state index in [1.807, 2.05) is 0 Å². The molecule has 1 heterocycles. The van der Waals surface area contributed by atoms with Crippen molar-refractivity contribution in [1.82, 2.24) is 14.9 Å². The van der Waals surface area contributed by atoms with Gasteiger partial charge in [0.2, 0.25) is 10.0 Å². The second-order valence-electron chi connectivity index (χ2n) is 3.45. The number of aromatic amines is 1. The third-order valence-electron chi connectivity index (χ3n) is 2.24. The van der Waals surface area contributed by atoms with Crippen LogP contribution in [0, 0.1) is 0 Å². The normalized spacial score (nSPS) is 19.5. The van der Waals surface area contributed by atoms with E-state index in [1.165, 1.54) is 12.4 Å². The third kappa shape index (κ3) is 1.84. The van der Waals surface area contributed by atoms with Crippen molar-refractivity contribution >= 4 is 26.0 Å². The number of H-pyrrole nitrogens is 1. The molecule has 0 radical (unpaired) electrons. The molecule has 0 aliphatic heterocycles. The van der Waals surface area contributed by atoms with E-state index in [1.54, 1.807) is 0 Å². The number of nitrogens with zero attached hydrogens (tertiary/aromatic N) is 1. The average Bonchev–Trinajstić information content (AvgIpc) is 2.70. The molecule has 1 aliphatic rings. The van der Waals surface area contributed by atoms with Crippen LogP contribution >= 0.6 is 15.9 Å². The van der Waals surface area contributed by atoms with Gasteiger partial charge in [0.05, 0.1) is 6.20 Å². The molecule has 7 heteroatoms. The SMILES string of the molecule is O=S(=O)(NC1(CBr)CC1)c1cn[nH]c1. The molecule has 2 rings (SSSR count). The van der Waals surface area contributed by atoms with E-state index in [4.69, 9.17) is 0 Å². The third-order valence-corrected chi connectivity index (χ3v) is 4.86. The van der Waals surface area contributed by atoms with Gasteiger partial charge in [-0.15, -0.1) is 0 Å². The van der Waals surface area contributed by atoms with Crippen molar-refractivity contribution in [2.24, 2.45) is 0 Å². The minimum atomic E-state index is -3.40. The summed E-state index contributed by atoms with van der Waals surface area (Å²) in [5, 5.41) is 6.74. The number of alkyl halides is 1. The van der Waals surface area contributed by atoms with Gasteiger partial charge in [-0.25, -0.2) is 13.1 Å². The van der Waals surface area contributed by atoms with Crippen LogP contribution in [-0.4, -0.2) is 29.5 Å². The Balaban J connectivity index is 2.19. The first kappa shape index (κ1) is 10.1. The standard InChI is InChI=1S/C7H10BrN3O2S/c8-5-7(1-2-7)11-14(12,13)6-3-9-10-4-6/h3-4,11H,1-2,5H2,(H,9,10). The first-order chi connectivity index (χ1) is 6.58. The van der Waals surface area contributed by atoms with Gasteiger partial charge >= 0.3 is 0 Å². The highest BCUT2D eigenvalue weighted by atomic mass is 79.9. The van der Waals surface area contributed by atoms with Crippen molar-refractivity contribution in [3.8, 4) is 0 Å². The highest BCUT2D eigenvalue weighted by Crippen LogP contribution is 2.38. The van der Waals surface area contributed by atoms with Gasteiger partial charge in [0.15, 0.2) is 0 Å². The highest BCUT2D eigenvalue weighted by molar-refractivity contribution is 9.09. The van der Waals surface area contributed by atoms with Crippen molar-refractivity contribution in [2.75, 3.05) is 5.33 Å². The lowest BCUT2D eigenvalue weighted by atomic mass is 10.4. The molecule has 14 heavy (non-hydrogen) atoms. The Labute approximate surface area is 90.5 Å². The Bertz CT molecular complexity index is 410. The summed E-state index contributed by atoms with van der Waals surface area (Å²) < 4.78 is 26.1. The van der Waals surface area contributed by atoms with Crippen LogP contribution < -0.4 is 4.72 Å². The van der Waals surface area contributed by atoms with E-state index < -0.39 is 10.0 Å². The molecule has 0 unspecified atom stereocenters. The zero-order valence-electron chi connectivity index (χ0n) is 7.33. The Morgan fingerprint density at radius 2 is 2.36 bits per heavy atom. The van der Waals surface area contributed by atoms with Crippen molar-refractivity contribution in [3.05, 3.63) is 12.4 Å². The van der Waals surface area contributed by atoms with Gasteiger partial charge in [0, 0.05) is 17.1 Å². The first-order valence-corrected chi connectivity index (χ1v) is 6.77. The summed E-state index contributed by atoms with van der Waals surface area (Å²) in [5.41, 5.74) is -0.268. The summed E-state index contributed by atoms with van der Waals surface area (Å²) in [6.45, 7) is 0. The number of hydrogen-bond acceptors (Lipinski definition) is 3. The maximum Gasteiger partial charge on any atom is 0.244 e. The fraction of sp³-hybridized carbons (Fsp3) is 0.571. The smallest absolute Gasteiger partial charge is 0.244 e. The van der Waals surface area contributed by atoms with Gasteiger partial charge in [0.1, 0.15) is 4.90 Å². The Hall–Kier alpha value is -0.400. The topological polar surface area (TPSA) is 74.8 Å². The molecule has 1 aromatic heterocycles. The monoisotopic (exact) mass is 279 g/mol. The number of nitrogens with one attached hydrogen (secondary N) is 2. The van der Waals surface area contributed by atoms with Crippen molar-refractivity contribution in [3.63, 3.8) is 0 Å². The average molecular weight is 280 g/mol. The molecular weight excluding hydrogens is 270 g/mol. The van der Waals surface area contributed by atoms with Crippen LogP contribution in [0.5, 0.6) is 0 Å². The van der Waals surface area contributed by atoms with Crippen LogP contribution in [-0.2, 0) is 10.0 Å². The minimum Gasteiger partial charge on any atom is -0.284 e. The van der Waals surface area contributed by atoms with Crippen LogP contribution in [0.25, 0.3) is 0 Å². The Morgan fingerprint density at radius 1 is 1.64 bits per heavy atom. The molecule has 0 aromatic carbocycles. The van der Waals surface area contributed by atoms with Gasteiger partial charge in [-0.05, 0) is 12.8 Å². The van der Waals surface area contributed by atoms with Crippen LogP contribution in [0.4, 0.5) is 0 Å². The van der Waals surface area contributed by atoms with Gasteiger partial charge in [-0.1, -0.05) is 15.9 Å². The summed E-state index contributed by atoms with van der Waals surface area (Å²) >= 11 is 3.30. The zero-order valence-corrected chi connectivity index (χ0v) is 9.73. The van der Waals surface area contributed by atoms with E-state index in [2.05, 4.69) is 30.8 Å².